The number of para-hydroxylation sites is 2. The molecule has 3 heterocycles. The number of likely N-dealkylation sites (tertiary alicyclic amines) is 1. The van der Waals surface area contributed by atoms with Crippen LogP contribution >= 0.6 is 0 Å². The monoisotopic (exact) mass is 421 g/mol. The number of rotatable bonds is 4. The van der Waals surface area contributed by atoms with Crippen molar-refractivity contribution in [2.45, 2.75) is 31.2 Å². The van der Waals surface area contributed by atoms with Gasteiger partial charge < -0.3 is 15.2 Å². The van der Waals surface area contributed by atoms with Gasteiger partial charge in [0.15, 0.2) is 0 Å². The number of methoxy groups -OCH3 is 1. The fourth-order valence-corrected chi connectivity index (χ4v) is 5.32. The zero-order chi connectivity index (χ0) is 21.9. The van der Waals surface area contributed by atoms with E-state index >= 15 is 0 Å². The summed E-state index contributed by atoms with van der Waals surface area (Å²) in [5.41, 5.74) is 0.524. The van der Waals surface area contributed by atoms with Crippen molar-refractivity contribution in [3.8, 4) is 5.75 Å². The molecule has 3 N–H and O–H groups in total. The molecule has 0 saturated carbocycles. The molecule has 5 atom stereocenters. The minimum absolute atomic E-state index is 0.0422. The van der Waals surface area contributed by atoms with Crippen LogP contribution in [0.2, 0.25) is 0 Å². The van der Waals surface area contributed by atoms with Crippen molar-refractivity contribution in [2.75, 3.05) is 12.4 Å². The van der Waals surface area contributed by atoms with Gasteiger partial charge in [0.2, 0.25) is 17.7 Å². The molecule has 0 aliphatic carbocycles. The third-order valence-electron chi connectivity index (χ3n) is 6.69. The lowest BCUT2D eigenvalue weighted by Crippen LogP contribution is -2.54. The molecule has 8 heteroatoms. The first-order chi connectivity index (χ1) is 14.9. The van der Waals surface area contributed by atoms with Gasteiger partial charge >= 0.3 is 0 Å². The van der Waals surface area contributed by atoms with Crippen molar-refractivity contribution in [3.63, 3.8) is 0 Å². The Balaban J connectivity index is 1.60. The van der Waals surface area contributed by atoms with Crippen molar-refractivity contribution < 1.29 is 24.2 Å². The fourth-order valence-electron chi connectivity index (χ4n) is 5.32. The minimum atomic E-state index is -1.40. The van der Waals surface area contributed by atoms with Crippen molar-refractivity contribution in [1.29, 1.82) is 0 Å². The quantitative estimate of drug-likeness (QED) is 0.636. The Morgan fingerprint density at radius 1 is 1.10 bits per heavy atom. The third-order valence-corrected chi connectivity index (χ3v) is 6.69. The molecule has 0 bridgehead atoms. The Morgan fingerprint density at radius 2 is 1.81 bits per heavy atom. The number of nitrogens with zero attached hydrogens (tertiary/aromatic N) is 1. The lowest BCUT2D eigenvalue weighted by atomic mass is 9.76. The van der Waals surface area contributed by atoms with Crippen LogP contribution < -0.4 is 15.4 Å². The normalized spacial score (nSPS) is 29.8. The maximum Gasteiger partial charge on any atom is 0.250 e. The number of nitrogens with one attached hydrogen (secondary N) is 2. The van der Waals surface area contributed by atoms with Gasteiger partial charge in [0.1, 0.15) is 11.3 Å². The Hall–Kier alpha value is -3.23. The molecular weight excluding hydrogens is 398 g/mol. The van der Waals surface area contributed by atoms with Gasteiger partial charge in [-0.05, 0) is 19.1 Å². The van der Waals surface area contributed by atoms with Crippen LogP contribution in [0.25, 0.3) is 0 Å². The van der Waals surface area contributed by atoms with Crippen LogP contribution in [0.1, 0.15) is 18.1 Å². The Morgan fingerprint density at radius 3 is 2.55 bits per heavy atom. The van der Waals surface area contributed by atoms with E-state index in [0.29, 0.717) is 22.6 Å². The smallest absolute Gasteiger partial charge is 0.250 e. The van der Waals surface area contributed by atoms with Crippen molar-refractivity contribution in [2.24, 2.45) is 11.8 Å². The van der Waals surface area contributed by atoms with Crippen LogP contribution in [0.4, 0.5) is 5.69 Å². The molecule has 2 aromatic rings. The molecule has 0 unspecified atom stereocenters. The van der Waals surface area contributed by atoms with Gasteiger partial charge in [0.25, 0.3) is 0 Å². The van der Waals surface area contributed by atoms with Gasteiger partial charge in [-0.2, -0.15) is 0 Å². The molecule has 3 aliphatic rings. The minimum Gasteiger partial charge on any atom is -0.496 e. The summed E-state index contributed by atoms with van der Waals surface area (Å²) < 4.78 is 5.37. The third kappa shape index (κ3) is 2.58. The molecule has 3 aliphatic heterocycles. The first-order valence-corrected chi connectivity index (χ1v) is 10.2. The number of carbonyl (C=O) groups is 3. The average Bonchev–Trinajstić information content (AvgIpc) is 3.35. The van der Waals surface area contributed by atoms with Crippen LogP contribution in [0, 0.1) is 11.8 Å². The topological polar surface area (TPSA) is 108 Å². The van der Waals surface area contributed by atoms with E-state index < -0.39 is 41.3 Å². The molecule has 0 radical (unpaired) electrons. The highest BCUT2D eigenvalue weighted by atomic mass is 16.5. The van der Waals surface area contributed by atoms with E-state index in [0.717, 1.165) is 0 Å². The average molecular weight is 421 g/mol. The molecule has 1 spiro atoms. The van der Waals surface area contributed by atoms with Crippen LogP contribution in [-0.4, -0.2) is 47.0 Å². The Kier molecular flexibility index (Phi) is 4.39. The number of fused-ring (bicyclic) bond motifs is 4. The van der Waals surface area contributed by atoms with Crippen LogP contribution in [-0.2, 0) is 26.5 Å². The summed E-state index contributed by atoms with van der Waals surface area (Å²) in [5.74, 6) is -2.43. The maximum absolute atomic E-state index is 13.6. The molecule has 8 nitrogen and oxygen atoms in total. The van der Waals surface area contributed by atoms with E-state index in [9.17, 15) is 19.5 Å². The van der Waals surface area contributed by atoms with Gasteiger partial charge in [-0.15, -0.1) is 0 Å². The van der Waals surface area contributed by atoms with Crippen LogP contribution in [0.3, 0.4) is 0 Å². The van der Waals surface area contributed by atoms with Crippen molar-refractivity contribution in [1.82, 2.24) is 10.2 Å². The van der Waals surface area contributed by atoms with Gasteiger partial charge in [-0.25, -0.2) is 0 Å². The fraction of sp³-hybridized carbons (Fsp3) is 0.348. The number of benzene rings is 2. The predicted octanol–water partition coefficient (Wildman–Crippen LogP) is 0.997. The number of aliphatic hydroxyl groups excluding tert-OH is 1. The number of hydrogen-bond acceptors (Lipinski definition) is 6. The van der Waals surface area contributed by atoms with Crippen LogP contribution in [0.15, 0.2) is 48.5 Å². The summed E-state index contributed by atoms with van der Waals surface area (Å²) >= 11 is 0. The van der Waals surface area contributed by atoms with Gasteiger partial charge in [0, 0.05) is 22.9 Å². The van der Waals surface area contributed by atoms with E-state index in [1.165, 1.54) is 12.0 Å². The summed E-state index contributed by atoms with van der Waals surface area (Å²) in [4.78, 5) is 41.5. The lowest BCUT2D eigenvalue weighted by molar-refractivity contribution is -0.143. The maximum atomic E-state index is 13.6. The second kappa shape index (κ2) is 6.90. The largest absolute Gasteiger partial charge is 0.496 e. The summed E-state index contributed by atoms with van der Waals surface area (Å²) in [5, 5.41) is 16.5. The Bertz CT molecular complexity index is 1100. The molecule has 31 heavy (non-hydrogen) atoms. The zero-order valence-electron chi connectivity index (χ0n) is 17.2. The Labute approximate surface area is 179 Å². The number of ether oxygens (including phenoxy) is 1. The second-order valence-electron chi connectivity index (χ2n) is 8.30. The first kappa shape index (κ1) is 19.7. The van der Waals surface area contributed by atoms with Crippen molar-refractivity contribution >= 4 is 23.4 Å². The second-order valence-corrected chi connectivity index (χ2v) is 8.30. The molecule has 2 fully saturated rings. The molecule has 2 aromatic carbocycles. The number of anilines is 1. The van der Waals surface area contributed by atoms with Gasteiger partial charge in [-0.3, -0.25) is 24.6 Å². The van der Waals surface area contributed by atoms with Gasteiger partial charge in [-0.1, -0.05) is 36.4 Å². The summed E-state index contributed by atoms with van der Waals surface area (Å²) in [7, 11) is 1.53. The van der Waals surface area contributed by atoms with E-state index in [2.05, 4.69) is 10.6 Å². The number of amides is 3. The summed E-state index contributed by atoms with van der Waals surface area (Å²) in [6.07, 6.45) is -0.935. The van der Waals surface area contributed by atoms with E-state index in [-0.39, 0.29) is 12.5 Å². The highest BCUT2D eigenvalue weighted by Crippen LogP contribution is 2.53. The molecule has 0 aromatic heterocycles. The SMILES string of the molecule is COc1ccccc1CN1C(=O)[C@H]2[C@@H]([C@H](C)O)N[C@]3(C(=O)Nc4ccccc43)[C@@H]2C1=O. The number of aliphatic hydroxyl groups is 1. The number of hydrogen-bond donors (Lipinski definition) is 3. The standard InChI is InChI=1S/C23H23N3O5/c1-12(27)19-17-18(23(25-19)14-8-4-5-9-15(14)24-22(23)30)21(29)26(20(17)28)11-13-7-3-6-10-16(13)31-2/h3-10,12,17-19,25,27H,11H2,1-2H3,(H,24,30)/t12-,17+,18-,19+,23-/m0/s1. The number of imide groups is 1. The molecule has 2 saturated heterocycles. The van der Waals surface area contributed by atoms with E-state index in [4.69, 9.17) is 4.74 Å². The summed E-state index contributed by atoms with van der Waals surface area (Å²) in [6.45, 7) is 1.60. The van der Waals surface area contributed by atoms with Crippen molar-refractivity contribution in [3.05, 3.63) is 59.7 Å². The summed E-state index contributed by atoms with van der Waals surface area (Å²) in [6, 6.07) is 13.6. The molecule has 3 amide bonds. The first-order valence-electron chi connectivity index (χ1n) is 10.2. The molecule has 160 valence electrons. The van der Waals surface area contributed by atoms with E-state index in [1.54, 1.807) is 43.3 Å². The predicted molar refractivity (Wildman–Crippen MR) is 111 cm³/mol. The zero-order valence-corrected chi connectivity index (χ0v) is 17.2. The van der Waals surface area contributed by atoms with Crippen LogP contribution in [0.5, 0.6) is 5.75 Å². The lowest BCUT2D eigenvalue weighted by Gasteiger charge is -2.30. The highest BCUT2D eigenvalue weighted by molar-refractivity contribution is 6.15. The van der Waals surface area contributed by atoms with Gasteiger partial charge in [0.05, 0.1) is 31.6 Å². The molecule has 5 rings (SSSR count). The number of carbonyl (C=O) groups excluding carboxylic acids is 3. The van der Waals surface area contributed by atoms with E-state index in [1.807, 2.05) is 12.1 Å². The highest BCUT2D eigenvalue weighted by Gasteiger charge is 2.71. The molecular formula is C23H23N3O5.